The molecule has 27 heavy (non-hydrogen) atoms. The van der Waals surface area contributed by atoms with Crippen molar-refractivity contribution in [3.05, 3.63) is 46.4 Å². The van der Waals surface area contributed by atoms with Crippen molar-refractivity contribution in [3.8, 4) is 5.75 Å². The fourth-order valence-corrected chi connectivity index (χ4v) is 4.00. The molecule has 2 N–H and O–H groups in total. The molecule has 0 bridgehead atoms. The molecule has 0 saturated carbocycles. The molecule has 0 radical (unpaired) electrons. The highest BCUT2D eigenvalue weighted by Gasteiger charge is 2.16. The van der Waals surface area contributed by atoms with Crippen LogP contribution < -0.4 is 14.8 Å². The van der Waals surface area contributed by atoms with Gasteiger partial charge in [-0.25, -0.2) is 12.6 Å². The summed E-state index contributed by atoms with van der Waals surface area (Å²) < 4.78 is 42.3. The van der Waals surface area contributed by atoms with Crippen LogP contribution >= 0.6 is 23.2 Å². The van der Waals surface area contributed by atoms with E-state index in [2.05, 4.69) is 10.0 Å². The van der Waals surface area contributed by atoms with Crippen LogP contribution in [-0.2, 0) is 25.6 Å². The molecule has 1 atom stereocenters. The van der Waals surface area contributed by atoms with Gasteiger partial charge in [0.1, 0.15) is 16.7 Å². The number of halogens is 2. The van der Waals surface area contributed by atoms with Gasteiger partial charge in [0.2, 0.25) is 0 Å². The molecule has 1 amide bonds. The predicted molar refractivity (Wildman–Crippen MR) is 107 cm³/mol. The van der Waals surface area contributed by atoms with Crippen LogP contribution in [0.4, 0.5) is 11.4 Å². The highest BCUT2D eigenvalue weighted by Crippen LogP contribution is 2.35. The van der Waals surface area contributed by atoms with Gasteiger partial charge in [-0.05, 0) is 30.3 Å². The zero-order valence-electron chi connectivity index (χ0n) is 14.3. The van der Waals surface area contributed by atoms with Gasteiger partial charge in [0.05, 0.1) is 21.3 Å². The Morgan fingerprint density at radius 3 is 2.52 bits per heavy atom. The van der Waals surface area contributed by atoms with Crippen LogP contribution in [0.5, 0.6) is 5.75 Å². The fourth-order valence-electron chi connectivity index (χ4n) is 2.10. The van der Waals surface area contributed by atoms with Crippen LogP contribution in [0.1, 0.15) is 0 Å². The Labute approximate surface area is 169 Å². The van der Waals surface area contributed by atoms with E-state index in [1.54, 1.807) is 18.2 Å². The number of rotatable bonds is 7. The molecule has 0 aliphatic carbocycles. The lowest BCUT2D eigenvalue weighted by Crippen LogP contribution is -2.29. The maximum atomic E-state index is 11.8. The van der Waals surface area contributed by atoms with Crippen molar-refractivity contribution in [1.29, 1.82) is 0 Å². The summed E-state index contributed by atoms with van der Waals surface area (Å²) in [5.41, 5.74) is 0.700. The van der Waals surface area contributed by atoms with Crippen molar-refractivity contribution in [1.82, 2.24) is 4.72 Å². The van der Waals surface area contributed by atoms with E-state index in [-0.39, 0.29) is 22.3 Å². The third-order valence-corrected chi connectivity index (χ3v) is 5.60. The average Bonchev–Trinajstić information content (AvgIpc) is 2.54. The normalized spacial score (nSPS) is 12.3. The van der Waals surface area contributed by atoms with Crippen molar-refractivity contribution in [2.45, 2.75) is 4.90 Å². The number of anilines is 2. The van der Waals surface area contributed by atoms with Gasteiger partial charge in [0.25, 0.3) is 5.91 Å². The Hall–Kier alpha value is -1.81. The van der Waals surface area contributed by atoms with E-state index in [4.69, 9.17) is 27.9 Å². The fraction of sp³-hybridized carbons (Fsp3) is 0.188. The molecule has 1 unspecified atom stereocenters. The monoisotopic (exact) mass is 450 g/mol. The molecule has 0 aliphatic rings. The first kappa shape index (κ1) is 21.5. The number of nitrogens with one attached hydrogen (secondary N) is 2. The van der Waals surface area contributed by atoms with Gasteiger partial charge >= 0.3 is 0 Å². The van der Waals surface area contributed by atoms with Crippen molar-refractivity contribution < 1.29 is 22.2 Å². The molecule has 0 fully saturated rings. The molecule has 0 saturated heterocycles. The van der Waals surface area contributed by atoms with E-state index >= 15 is 0 Å². The van der Waals surface area contributed by atoms with Gasteiger partial charge in [0, 0.05) is 17.5 Å². The van der Waals surface area contributed by atoms with E-state index < -0.39 is 26.7 Å². The second-order valence-corrected chi connectivity index (χ2v) is 9.33. The first-order valence-electron chi connectivity index (χ1n) is 7.39. The van der Waals surface area contributed by atoms with E-state index in [0.717, 1.165) is 6.26 Å². The van der Waals surface area contributed by atoms with Crippen molar-refractivity contribution >= 4 is 61.3 Å². The largest absolute Gasteiger partial charge is 0.482 e. The number of sulfone groups is 1. The highest BCUT2D eigenvalue weighted by molar-refractivity contribution is 7.90. The van der Waals surface area contributed by atoms with Crippen LogP contribution in [-0.4, -0.2) is 37.7 Å². The standard InChI is InChI=1S/C16H16Cl2N2O5S2/c1-26(22)20-15(21)9-25-13-7-6-10(17)8-12(13)19-11-4-3-5-14(16(11)18)27(2,23)24/h3-8,19H,9H2,1-2H3,(H,20,21). The summed E-state index contributed by atoms with van der Waals surface area (Å²) in [6, 6.07) is 9.17. The van der Waals surface area contributed by atoms with Gasteiger partial charge < -0.3 is 10.1 Å². The molecular weight excluding hydrogens is 435 g/mol. The predicted octanol–water partition coefficient (Wildman–Crippen LogP) is 2.93. The first-order valence-corrected chi connectivity index (χ1v) is 11.6. The third-order valence-electron chi connectivity index (χ3n) is 3.19. The Morgan fingerprint density at radius 2 is 1.89 bits per heavy atom. The quantitative estimate of drug-likeness (QED) is 0.672. The lowest BCUT2D eigenvalue weighted by atomic mass is 10.2. The lowest BCUT2D eigenvalue weighted by molar-refractivity contribution is -0.121. The Morgan fingerprint density at radius 1 is 1.19 bits per heavy atom. The minimum absolute atomic E-state index is 0.0186. The number of ether oxygens (including phenoxy) is 1. The van der Waals surface area contributed by atoms with E-state index in [0.29, 0.717) is 16.4 Å². The summed E-state index contributed by atoms with van der Waals surface area (Å²) in [7, 11) is -5.01. The molecule has 2 rings (SSSR count). The topological polar surface area (TPSA) is 102 Å². The Balaban J connectivity index is 2.30. The van der Waals surface area contributed by atoms with Crippen molar-refractivity contribution in [2.75, 3.05) is 24.4 Å². The van der Waals surface area contributed by atoms with Gasteiger partial charge in [-0.1, -0.05) is 29.3 Å². The minimum atomic E-state index is -3.51. The van der Waals surface area contributed by atoms with Crippen LogP contribution in [0.25, 0.3) is 0 Å². The molecule has 2 aromatic rings. The molecule has 0 heterocycles. The molecule has 146 valence electrons. The number of hydrogen-bond donors (Lipinski definition) is 2. The summed E-state index contributed by atoms with van der Waals surface area (Å²) in [4.78, 5) is 11.6. The van der Waals surface area contributed by atoms with Gasteiger partial charge in [-0.2, -0.15) is 0 Å². The molecule has 0 aliphatic heterocycles. The maximum Gasteiger partial charge on any atom is 0.269 e. The Kier molecular flexibility index (Phi) is 7.10. The maximum absolute atomic E-state index is 11.8. The summed E-state index contributed by atoms with van der Waals surface area (Å²) >= 11 is 12.2. The van der Waals surface area contributed by atoms with Crippen LogP contribution in [0.2, 0.25) is 10.0 Å². The van der Waals surface area contributed by atoms with Crippen LogP contribution in [0.3, 0.4) is 0 Å². The number of carbonyl (C=O) groups is 1. The first-order chi connectivity index (χ1) is 12.6. The molecule has 2 aromatic carbocycles. The van der Waals surface area contributed by atoms with Crippen molar-refractivity contribution in [2.24, 2.45) is 0 Å². The van der Waals surface area contributed by atoms with Crippen LogP contribution in [0, 0.1) is 0 Å². The second kappa shape index (κ2) is 8.92. The van der Waals surface area contributed by atoms with Gasteiger partial charge in [0.15, 0.2) is 16.4 Å². The van der Waals surface area contributed by atoms with Gasteiger partial charge in [-0.15, -0.1) is 0 Å². The van der Waals surface area contributed by atoms with E-state index in [9.17, 15) is 17.4 Å². The highest BCUT2D eigenvalue weighted by atomic mass is 35.5. The third kappa shape index (κ3) is 6.10. The Bertz CT molecular complexity index is 996. The van der Waals surface area contributed by atoms with Gasteiger partial charge in [-0.3, -0.25) is 9.52 Å². The van der Waals surface area contributed by atoms with E-state index in [1.807, 2.05) is 0 Å². The van der Waals surface area contributed by atoms with Crippen molar-refractivity contribution in [3.63, 3.8) is 0 Å². The molecular formula is C16H16Cl2N2O5S2. The molecule has 7 nitrogen and oxygen atoms in total. The zero-order chi connectivity index (χ0) is 20.2. The molecule has 0 spiro atoms. The summed E-state index contributed by atoms with van der Waals surface area (Å²) in [6.45, 7) is -0.368. The summed E-state index contributed by atoms with van der Waals surface area (Å²) in [6.07, 6.45) is 2.38. The minimum Gasteiger partial charge on any atom is -0.482 e. The average molecular weight is 451 g/mol. The van der Waals surface area contributed by atoms with E-state index in [1.165, 1.54) is 24.5 Å². The number of carbonyl (C=O) groups excluding carboxylic acids is 1. The lowest BCUT2D eigenvalue weighted by Gasteiger charge is -2.15. The SMILES string of the molecule is CS(=O)NC(=O)COc1ccc(Cl)cc1Nc1cccc(S(C)(=O)=O)c1Cl. The number of benzene rings is 2. The summed E-state index contributed by atoms with van der Waals surface area (Å²) in [5, 5.41) is 3.37. The summed E-state index contributed by atoms with van der Waals surface area (Å²) in [5.74, 6) is -0.286. The number of hydrogen-bond acceptors (Lipinski definition) is 6. The molecule has 0 aromatic heterocycles. The second-order valence-electron chi connectivity index (χ2n) is 5.42. The number of amides is 1. The smallest absolute Gasteiger partial charge is 0.269 e. The van der Waals surface area contributed by atoms with Crippen LogP contribution in [0.15, 0.2) is 41.3 Å². The zero-order valence-corrected chi connectivity index (χ0v) is 17.4. The molecule has 11 heteroatoms.